The highest BCUT2D eigenvalue weighted by Gasteiger charge is 2.20. The first kappa shape index (κ1) is 18.0. The van der Waals surface area contributed by atoms with Gasteiger partial charge in [0, 0.05) is 0 Å². The Morgan fingerprint density at radius 3 is 1.29 bits per heavy atom. The van der Waals surface area contributed by atoms with E-state index in [9.17, 15) is 0 Å². The van der Waals surface area contributed by atoms with Crippen LogP contribution in [-0.2, 0) is 0 Å². The van der Waals surface area contributed by atoms with Crippen molar-refractivity contribution < 1.29 is 0 Å². The Morgan fingerprint density at radius 1 is 0.588 bits per heavy atom. The van der Waals surface area contributed by atoms with Gasteiger partial charge in [0.2, 0.25) is 0 Å². The van der Waals surface area contributed by atoms with Gasteiger partial charge in [-0.3, -0.25) is 0 Å². The largest absolute Gasteiger partial charge is 0.0805 e. The van der Waals surface area contributed by atoms with Crippen molar-refractivity contribution in [2.75, 3.05) is 0 Å². The molecule has 0 aliphatic rings. The summed E-state index contributed by atoms with van der Waals surface area (Å²) < 4.78 is 0.221. The molecule has 17 heavy (non-hydrogen) atoms. The quantitative estimate of drug-likeness (QED) is 0.252. The lowest BCUT2D eigenvalue weighted by atomic mass is 10.0. The summed E-state index contributed by atoms with van der Waals surface area (Å²) in [4.78, 5) is 0. The minimum Gasteiger partial charge on any atom is -0.0727 e. The molecule has 0 heterocycles. The molecule has 0 spiro atoms. The Hall–Kier alpha value is 0.960. The van der Waals surface area contributed by atoms with Crippen molar-refractivity contribution in [1.29, 1.82) is 0 Å². The maximum atomic E-state index is 3.84. The van der Waals surface area contributed by atoms with Crippen molar-refractivity contribution in [1.82, 2.24) is 0 Å². The average molecular weight is 370 g/mol. The Kier molecular flexibility index (Phi) is 12.7. The van der Waals surface area contributed by atoms with Crippen molar-refractivity contribution in [3.63, 3.8) is 0 Å². The van der Waals surface area contributed by atoms with Gasteiger partial charge < -0.3 is 0 Å². The predicted molar refractivity (Wildman–Crippen MR) is 87.3 cm³/mol. The monoisotopic (exact) mass is 368 g/mol. The first-order chi connectivity index (χ1) is 8.12. The van der Waals surface area contributed by atoms with Gasteiger partial charge in [-0.05, 0) is 12.8 Å². The molecular weight excluding hydrogens is 340 g/mol. The Bertz CT molecular complexity index is 139. The number of halogens is 2. The average Bonchev–Trinajstić information content (AvgIpc) is 2.28. The maximum Gasteiger partial charge on any atom is 0.0805 e. The van der Waals surface area contributed by atoms with E-state index in [0.717, 1.165) is 0 Å². The molecule has 104 valence electrons. The number of hydrogen-bond acceptors (Lipinski definition) is 0. The third-order valence-corrected chi connectivity index (χ3v) is 4.88. The van der Waals surface area contributed by atoms with Crippen LogP contribution in [0.25, 0.3) is 0 Å². The van der Waals surface area contributed by atoms with E-state index in [1.165, 1.54) is 77.0 Å². The van der Waals surface area contributed by atoms with Gasteiger partial charge in [0.25, 0.3) is 0 Å². The third-order valence-electron chi connectivity index (χ3n) is 3.29. The van der Waals surface area contributed by atoms with Crippen LogP contribution in [-0.4, -0.2) is 3.23 Å². The lowest BCUT2D eigenvalue weighted by Crippen LogP contribution is -2.10. The highest BCUT2D eigenvalue weighted by Crippen LogP contribution is 2.37. The topological polar surface area (TPSA) is 0 Å². The summed E-state index contributed by atoms with van der Waals surface area (Å²) in [7, 11) is 0. The molecule has 0 aromatic heterocycles. The standard InChI is InChI=1S/C15H30Br2/c1-3-5-7-9-11-13-15(16,17)14-12-10-8-6-4-2/h3-14H2,1-2H3. The summed E-state index contributed by atoms with van der Waals surface area (Å²) in [5.74, 6) is 0. The first-order valence-corrected chi connectivity index (χ1v) is 9.09. The van der Waals surface area contributed by atoms with Crippen LogP contribution in [0.4, 0.5) is 0 Å². The van der Waals surface area contributed by atoms with E-state index in [1.54, 1.807) is 0 Å². The molecule has 0 rings (SSSR count). The van der Waals surface area contributed by atoms with Crippen molar-refractivity contribution in [2.24, 2.45) is 0 Å². The summed E-state index contributed by atoms with van der Waals surface area (Å²) in [6.45, 7) is 4.55. The van der Waals surface area contributed by atoms with Gasteiger partial charge in [-0.25, -0.2) is 0 Å². The predicted octanol–water partition coefficient (Wildman–Crippen LogP) is 7.19. The summed E-state index contributed by atoms with van der Waals surface area (Å²) >= 11 is 7.67. The highest BCUT2D eigenvalue weighted by molar-refractivity contribution is 9.25. The molecule has 0 aliphatic heterocycles. The van der Waals surface area contributed by atoms with E-state index in [1.807, 2.05) is 0 Å². The lowest BCUT2D eigenvalue weighted by molar-refractivity contribution is 0.541. The van der Waals surface area contributed by atoms with Crippen molar-refractivity contribution in [3.05, 3.63) is 0 Å². The molecule has 0 saturated heterocycles. The molecule has 0 saturated carbocycles. The van der Waals surface area contributed by atoms with E-state index in [0.29, 0.717) is 0 Å². The summed E-state index contributed by atoms with van der Waals surface area (Å²) in [5.41, 5.74) is 0. The van der Waals surface area contributed by atoms with E-state index in [2.05, 4.69) is 45.7 Å². The zero-order chi connectivity index (χ0) is 13.0. The van der Waals surface area contributed by atoms with Crippen LogP contribution in [0.1, 0.15) is 90.9 Å². The van der Waals surface area contributed by atoms with Gasteiger partial charge >= 0.3 is 0 Å². The highest BCUT2D eigenvalue weighted by atomic mass is 79.9. The molecule has 0 fully saturated rings. The van der Waals surface area contributed by atoms with Crippen LogP contribution in [0.2, 0.25) is 0 Å². The second kappa shape index (κ2) is 12.0. The Labute approximate surface area is 126 Å². The van der Waals surface area contributed by atoms with Crippen molar-refractivity contribution in [3.8, 4) is 0 Å². The van der Waals surface area contributed by atoms with E-state index < -0.39 is 0 Å². The smallest absolute Gasteiger partial charge is 0.0727 e. The number of alkyl halides is 2. The molecule has 0 aromatic carbocycles. The van der Waals surface area contributed by atoms with Gasteiger partial charge in [-0.1, -0.05) is 110 Å². The Balaban J connectivity index is 3.38. The van der Waals surface area contributed by atoms with Gasteiger partial charge in [0.1, 0.15) is 0 Å². The second-order valence-corrected chi connectivity index (χ2v) is 9.28. The number of hydrogen-bond donors (Lipinski definition) is 0. The van der Waals surface area contributed by atoms with Crippen molar-refractivity contribution in [2.45, 2.75) is 94.1 Å². The molecule has 0 aromatic rings. The summed E-state index contributed by atoms with van der Waals surface area (Å²) in [5, 5.41) is 0. The maximum absolute atomic E-state index is 3.84. The van der Waals surface area contributed by atoms with Gasteiger partial charge in [-0.2, -0.15) is 0 Å². The van der Waals surface area contributed by atoms with E-state index >= 15 is 0 Å². The molecule has 0 bridgehead atoms. The summed E-state index contributed by atoms with van der Waals surface area (Å²) in [6.07, 6.45) is 16.3. The molecule has 0 aliphatic carbocycles. The second-order valence-electron chi connectivity index (χ2n) is 5.18. The lowest BCUT2D eigenvalue weighted by Gasteiger charge is -2.20. The van der Waals surface area contributed by atoms with Crippen LogP contribution in [0, 0.1) is 0 Å². The molecule has 0 nitrogen and oxygen atoms in total. The normalized spacial score (nSPS) is 12.0. The van der Waals surface area contributed by atoms with Crippen LogP contribution >= 0.6 is 31.9 Å². The van der Waals surface area contributed by atoms with Crippen molar-refractivity contribution >= 4 is 31.9 Å². The zero-order valence-electron chi connectivity index (χ0n) is 11.7. The zero-order valence-corrected chi connectivity index (χ0v) is 14.9. The minimum absolute atomic E-state index is 0.221. The molecule has 0 N–H and O–H groups in total. The van der Waals surface area contributed by atoms with E-state index in [-0.39, 0.29) is 3.23 Å². The fourth-order valence-electron chi connectivity index (χ4n) is 2.10. The fraction of sp³-hybridized carbons (Fsp3) is 1.00. The molecule has 2 heteroatoms. The molecule has 0 unspecified atom stereocenters. The molecular formula is C15H30Br2. The minimum atomic E-state index is 0.221. The summed E-state index contributed by atoms with van der Waals surface area (Å²) in [6, 6.07) is 0. The first-order valence-electron chi connectivity index (χ1n) is 7.50. The van der Waals surface area contributed by atoms with Crippen LogP contribution in [0.3, 0.4) is 0 Å². The molecule has 0 radical (unpaired) electrons. The van der Waals surface area contributed by atoms with Gasteiger partial charge in [0.05, 0.1) is 3.23 Å². The van der Waals surface area contributed by atoms with Crippen LogP contribution in [0.5, 0.6) is 0 Å². The van der Waals surface area contributed by atoms with Gasteiger partial charge in [0.15, 0.2) is 0 Å². The Morgan fingerprint density at radius 2 is 0.941 bits per heavy atom. The molecule has 0 amide bonds. The third kappa shape index (κ3) is 13.2. The number of rotatable bonds is 12. The molecule has 0 atom stereocenters. The SMILES string of the molecule is CCCCCCCC(Br)(Br)CCCCCCC. The van der Waals surface area contributed by atoms with Crippen LogP contribution < -0.4 is 0 Å². The van der Waals surface area contributed by atoms with Crippen LogP contribution in [0.15, 0.2) is 0 Å². The fourth-order valence-corrected chi connectivity index (χ4v) is 3.22. The van der Waals surface area contributed by atoms with E-state index in [4.69, 9.17) is 0 Å². The number of unbranched alkanes of at least 4 members (excludes halogenated alkanes) is 8. The van der Waals surface area contributed by atoms with Gasteiger partial charge in [-0.15, -0.1) is 0 Å².